The predicted molar refractivity (Wildman–Crippen MR) is 75.8 cm³/mol. The van der Waals surface area contributed by atoms with Gasteiger partial charge in [0.05, 0.1) is 19.2 Å². The Morgan fingerprint density at radius 1 is 1.32 bits per heavy atom. The van der Waals surface area contributed by atoms with Gasteiger partial charge in [0.2, 0.25) is 0 Å². The van der Waals surface area contributed by atoms with E-state index in [0.717, 1.165) is 32.7 Å². The standard InChI is InChI=1S/C15H21N3O/c16-15-17-9-14(13-7-4-8-19-11-13)18(15)10-12-5-2-1-3-6-12/h1-3,5-6,13-14H,4,7-11H2,(H2,16,17). The predicted octanol–water partition coefficient (Wildman–Crippen LogP) is 1.61. The zero-order chi connectivity index (χ0) is 13.1. The molecule has 4 nitrogen and oxygen atoms in total. The van der Waals surface area contributed by atoms with E-state index < -0.39 is 0 Å². The van der Waals surface area contributed by atoms with Crippen molar-refractivity contribution in [1.82, 2.24) is 4.90 Å². The van der Waals surface area contributed by atoms with Gasteiger partial charge < -0.3 is 15.4 Å². The van der Waals surface area contributed by atoms with Crippen LogP contribution in [0.15, 0.2) is 35.3 Å². The molecule has 2 N–H and O–H groups in total. The quantitative estimate of drug-likeness (QED) is 0.897. The lowest BCUT2D eigenvalue weighted by Crippen LogP contribution is -2.46. The molecule has 2 heterocycles. The first-order chi connectivity index (χ1) is 9.34. The molecule has 2 unspecified atom stereocenters. The average molecular weight is 259 g/mol. The molecule has 2 aliphatic rings. The van der Waals surface area contributed by atoms with E-state index in [9.17, 15) is 0 Å². The monoisotopic (exact) mass is 259 g/mol. The summed E-state index contributed by atoms with van der Waals surface area (Å²) in [7, 11) is 0. The molecule has 2 aliphatic heterocycles. The van der Waals surface area contributed by atoms with Crippen LogP contribution in [0.4, 0.5) is 0 Å². The highest BCUT2D eigenvalue weighted by atomic mass is 16.5. The highest BCUT2D eigenvalue weighted by Crippen LogP contribution is 2.26. The second-order valence-electron chi connectivity index (χ2n) is 5.36. The van der Waals surface area contributed by atoms with Crippen molar-refractivity contribution in [3.8, 4) is 0 Å². The van der Waals surface area contributed by atoms with Gasteiger partial charge in [0.15, 0.2) is 5.96 Å². The number of hydrogen-bond acceptors (Lipinski definition) is 4. The Hall–Kier alpha value is -1.55. The summed E-state index contributed by atoms with van der Waals surface area (Å²) in [5.41, 5.74) is 7.34. The molecule has 1 aromatic rings. The van der Waals surface area contributed by atoms with Crippen molar-refractivity contribution >= 4 is 5.96 Å². The van der Waals surface area contributed by atoms with Crippen LogP contribution in [-0.4, -0.2) is 36.7 Å². The molecule has 19 heavy (non-hydrogen) atoms. The van der Waals surface area contributed by atoms with Crippen molar-refractivity contribution in [2.45, 2.75) is 25.4 Å². The van der Waals surface area contributed by atoms with E-state index in [1.54, 1.807) is 0 Å². The van der Waals surface area contributed by atoms with Crippen molar-refractivity contribution in [2.75, 3.05) is 19.8 Å². The Morgan fingerprint density at radius 3 is 2.89 bits per heavy atom. The number of hydrogen-bond donors (Lipinski definition) is 1. The molecule has 2 atom stereocenters. The molecule has 4 heteroatoms. The summed E-state index contributed by atoms with van der Waals surface area (Å²) in [6.45, 7) is 3.40. The van der Waals surface area contributed by atoms with Crippen molar-refractivity contribution in [1.29, 1.82) is 0 Å². The van der Waals surface area contributed by atoms with Crippen LogP contribution in [0.5, 0.6) is 0 Å². The highest BCUT2D eigenvalue weighted by Gasteiger charge is 2.33. The third-order valence-electron chi connectivity index (χ3n) is 4.07. The summed E-state index contributed by atoms with van der Waals surface area (Å²) in [6, 6.07) is 10.9. The second kappa shape index (κ2) is 5.61. The molecule has 0 bridgehead atoms. The first-order valence-electron chi connectivity index (χ1n) is 7.03. The van der Waals surface area contributed by atoms with Gasteiger partial charge in [-0.1, -0.05) is 30.3 Å². The number of aliphatic imine (C=N–C) groups is 1. The normalized spacial score (nSPS) is 27.4. The molecule has 0 aromatic heterocycles. The maximum absolute atomic E-state index is 6.06. The van der Waals surface area contributed by atoms with Gasteiger partial charge in [-0.05, 0) is 18.4 Å². The maximum Gasteiger partial charge on any atom is 0.191 e. The minimum absolute atomic E-state index is 0.403. The number of rotatable bonds is 3. The molecule has 0 saturated carbocycles. The van der Waals surface area contributed by atoms with Gasteiger partial charge in [-0.2, -0.15) is 0 Å². The molecule has 3 rings (SSSR count). The highest BCUT2D eigenvalue weighted by molar-refractivity contribution is 5.80. The Morgan fingerprint density at radius 2 is 2.16 bits per heavy atom. The van der Waals surface area contributed by atoms with Crippen LogP contribution in [-0.2, 0) is 11.3 Å². The van der Waals surface area contributed by atoms with Gasteiger partial charge in [0.1, 0.15) is 0 Å². The van der Waals surface area contributed by atoms with Crippen molar-refractivity contribution in [3.63, 3.8) is 0 Å². The summed E-state index contributed by atoms with van der Waals surface area (Å²) in [5, 5.41) is 0. The van der Waals surface area contributed by atoms with Crippen molar-refractivity contribution < 1.29 is 4.74 Å². The van der Waals surface area contributed by atoms with Crippen LogP contribution < -0.4 is 5.73 Å². The first-order valence-corrected chi connectivity index (χ1v) is 7.03. The zero-order valence-corrected chi connectivity index (χ0v) is 11.2. The van der Waals surface area contributed by atoms with Crippen molar-refractivity contribution in [2.24, 2.45) is 16.6 Å². The molecule has 0 aliphatic carbocycles. The molecular formula is C15H21N3O. The number of guanidine groups is 1. The summed E-state index contributed by atoms with van der Waals surface area (Å²) in [4.78, 5) is 6.68. The molecule has 1 saturated heterocycles. The minimum atomic E-state index is 0.403. The number of nitrogens with two attached hydrogens (primary N) is 1. The molecule has 1 aromatic carbocycles. The first kappa shape index (κ1) is 12.5. The molecular weight excluding hydrogens is 238 g/mol. The Bertz CT molecular complexity index is 440. The second-order valence-corrected chi connectivity index (χ2v) is 5.36. The fourth-order valence-corrected chi connectivity index (χ4v) is 3.00. The molecule has 1 fully saturated rings. The van der Waals surface area contributed by atoms with Gasteiger partial charge in [0, 0.05) is 19.1 Å². The maximum atomic E-state index is 6.06. The minimum Gasteiger partial charge on any atom is -0.381 e. The van der Waals surface area contributed by atoms with E-state index in [0.29, 0.717) is 17.9 Å². The number of benzene rings is 1. The average Bonchev–Trinajstić information content (AvgIpc) is 2.82. The Labute approximate surface area is 114 Å². The SMILES string of the molecule is NC1=NCC(C2CCCOC2)N1Cc1ccccc1. The summed E-state index contributed by atoms with van der Waals surface area (Å²) < 4.78 is 5.61. The third kappa shape index (κ3) is 2.73. The summed E-state index contributed by atoms with van der Waals surface area (Å²) in [6.07, 6.45) is 2.37. The van der Waals surface area contributed by atoms with Crippen LogP contribution in [0.25, 0.3) is 0 Å². The summed E-state index contributed by atoms with van der Waals surface area (Å²) >= 11 is 0. The fraction of sp³-hybridized carbons (Fsp3) is 0.533. The van der Waals surface area contributed by atoms with Gasteiger partial charge in [0.25, 0.3) is 0 Å². The van der Waals surface area contributed by atoms with Crippen LogP contribution >= 0.6 is 0 Å². The van der Waals surface area contributed by atoms with E-state index in [2.05, 4.69) is 34.2 Å². The van der Waals surface area contributed by atoms with Crippen LogP contribution in [0.3, 0.4) is 0 Å². The van der Waals surface area contributed by atoms with E-state index in [1.807, 2.05) is 6.07 Å². The van der Waals surface area contributed by atoms with Crippen LogP contribution in [0, 0.1) is 5.92 Å². The lowest BCUT2D eigenvalue weighted by Gasteiger charge is -2.34. The van der Waals surface area contributed by atoms with Gasteiger partial charge in [-0.25, -0.2) is 0 Å². The van der Waals surface area contributed by atoms with Crippen LogP contribution in [0.2, 0.25) is 0 Å². The third-order valence-corrected chi connectivity index (χ3v) is 4.07. The van der Waals surface area contributed by atoms with Gasteiger partial charge >= 0.3 is 0 Å². The fourth-order valence-electron chi connectivity index (χ4n) is 3.00. The Kier molecular flexibility index (Phi) is 3.69. The Balaban J connectivity index is 1.71. The van der Waals surface area contributed by atoms with Crippen molar-refractivity contribution in [3.05, 3.63) is 35.9 Å². The van der Waals surface area contributed by atoms with E-state index >= 15 is 0 Å². The van der Waals surface area contributed by atoms with Gasteiger partial charge in [-0.15, -0.1) is 0 Å². The molecule has 102 valence electrons. The smallest absolute Gasteiger partial charge is 0.191 e. The molecule has 0 amide bonds. The summed E-state index contributed by atoms with van der Waals surface area (Å²) in [5.74, 6) is 1.24. The van der Waals surface area contributed by atoms with Gasteiger partial charge in [-0.3, -0.25) is 4.99 Å². The molecule has 0 radical (unpaired) electrons. The topological polar surface area (TPSA) is 50.9 Å². The lowest BCUT2D eigenvalue weighted by molar-refractivity contribution is 0.0275. The largest absolute Gasteiger partial charge is 0.381 e. The number of nitrogens with zero attached hydrogens (tertiary/aromatic N) is 2. The van der Waals surface area contributed by atoms with E-state index in [1.165, 1.54) is 12.0 Å². The molecule has 0 spiro atoms. The van der Waals surface area contributed by atoms with E-state index in [4.69, 9.17) is 10.5 Å². The zero-order valence-electron chi connectivity index (χ0n) is 11.2. The van der Waals surface area contributed by atoms with Crippen LogP contribution in [0.1, 0.15) is 18.4 Å². The number of ether oxygens (including phenoxy) is 1. The lowest BCUT2D eigenvalue weighted by atomic mass is 9.93. The van der Waals surface area contributed by atoms with E-state index in [-0.39, 0.29) is 0 Å².